The predicted molar refractivity (Wildman–Crippen MR) is 74.4 cm³/mol. The lowest BCUT2D eigenvalue weighted by Gasteiger charge is -2.50. The normalized spacial score (nSPS) is 44.6. The van der Waals surface area contributed by atoms with Crippen molar-refractivity contribution in [2.24, 2.45) is 11.3 Å². The molecule has 1 aliphatic heterocycles. The van der Waals surface area contributed by atoms with Gasteiger partial charge in [0.15, 0.2) is 6.29 Å². The average Bonchev–Trinajstić information content (AvgIpc) is 2.21. The molecule has 0 N–H and O–H groups in total. The Bertz CT molecular complexity index is 345. The highest BCUT2D eigenvalue weighted by atomic mass is 16.7. The van der Waals surface area contributed by atoms with Gasteiger partial charge in [0.25, 0.3) is 0 Å². The van der Waals surface area contributed by atoms with E-state index in [2.05, 4.69) is 47.6 Å². The Morgan fingerprint density at radius 1 is 1.22 bits per heavy atom. The Morgan fingerprint density at radius 3 is 2.44 bits per heavy atom. The quantitative estimate of drug-likeness (QED) is 0.648. The minimum atomic E-state index is -0.0735. The van der Waals surface area contributed by atoms with Crippen LogP contribution in [0.1, 0.15) is 60.8 Å². The highest BCUT2D eigenvalue weighted by Crippen LogP contribution is 2.47. The Kier molecular flexibility index (Phi) is 3.63. The molecule has 0 amide bonds. The van der Waals surface area contributed by atoms with Crippen molar-refractivity contribution >= 4 is 0 Å². The van der Waals surface area contributed by atoms with E-state index < -0.39 is 0 Å². The lowest BCUT2D eigenvalue weighted by Crippen LogP contribution is -2.52. The summed E-state index contributed by atoms with van der Waals surface area (Å²) in [5.74, 6) is 0.511. The molecule has 1 aliphatic carbocycles. The van der Waals surface area contributed by atoms with Crippen molar-refractivity contribution in [1.29, 1.82) is 0 Å². The van der Waals surface area contributed by atoms with Crippen LogP contribution in [-0.2, 0) is 9.47 Å². The van der Waals surface area contributed by atoms with Gasteiger partial charge in [-0.25, -0.2) is 0 Å². The van der Waals surface area contributed by atoms with Crippen molar-refractivity contribution < 1.29 is 9.47 Å². The van der Waals surface area contributed by atoms with Gasteiger partial charge in [0.2, 0.25) is 0 Å². The average molecular weight is 252 g/mol. The fourth-order valence-electron chi connectivity index (χ4n) is 3.33. The monoisotopic (exact) mass is 252 g/mol. The standard InChI is InChI=1S/C16H28O2/c1-11-7-8-16(6,12(2)9-11)14-17-13(3)10-15(4,5)18-14/h9,12-14H,7-8,10H2,1-6H3/t12-,13+,14-,16+/m1/s1. The maximum atomic E-state index is 6.24. The summed E-state index contributed by atoms with van der Waals surface area (Å²) in [6.45, 7) is 13.4. The van der Waals surface area contributed by atoms with E-state index in [1.54, 1.807) is 0 Å². The second-order valence-electron chi connectivity index (χ2n) is 7.17. The lowest BCUT2D eigenvalue weighted by atomic mass is 9.69. The van der Waals surface area contributed by atoms with Gasteiger partial charge >= 0.3 is 0 Å². The highest BCUT2D eigenvalue weighted by molar-refractivity contribution is 5.11. The van der Waals surface area contributed by atoms with Crippen molar-refractivity contribution in [1.82, 2.24) is 0 Å². The van der Waals surface area contributed by atoms with Gasteiger partial charge in [0.1, 0.15) is 0 Å². The molecule has 18 heavy (non-hydrogen) atoms. The van der Waals surface area contributed by atoms with Crippen LogP contribution < -0.4 is 0 Å². The van der Waals surface area contributed by atoms with Crippen LogP contribution >= 0.6 is 0 Å². The molecule has 0 aromatic heterocycles. The van der Waals surface area contributed by atoms with Gasteiger partial charge in [-0.3, -0.25) is 0 Å². The lowest BCUT2D eigenvalue weighted by molar-refractivity contribution is -0.314. The summed E-state index contributed by atoms with van der Waals surface area (Å²) in [4.78, 5) is 0. The van der Waals surface area contributed by atoms with Crippen molar-refractivity contribution in [2.45, 2.75) is 78.8 Å². The van der Waals surface area contributed by atoms with E-state index in [9.17, 15) is 0 Å². The van der Waals surface area contributed by atoms with Crippen LogP contribution in [-0.4, -0.2) is 18.0 Å². The molecule has 0 aromatic carbocycles. The van der Waals surface area contributed by atoms with E-state index in [-0.39, 0.29) is 23.4 Å². The third-order valence-corrected chi connectivity index (χ3v) is 4.73. The van der Waals surface area contributed by atoms with E-state index in [0.717, 1.165) is 12.8 Å². The molecule has 1 heterocycles. The molecule has 2 rings (SSSR count). The van der Waals surface area contributed by atoms with Crippen LogP contribution in [0.2, 0.25) is 0 Å². The largest absolute Gasteiger partial charge is 0.349 e. The van der Waals surface area contributed by atoms with Gasteiger partial charge in [-0.05, 0) is 46.5 Å². The Balaban J connectivity index is 2.20. The molecule has 0 saturated carbocycles. The zero-order chi connectivity index (χ0) is 13.6. The van der Waals surface area contributed by atoms with Gasteiger partial charge in [-0.1, -0.05) is 25.5 Å². The summed E-state index contributed by atoms with van der Waals surface area (Å²) in [6, 6.07) is 0. The molecule has 2 nitrogen and oxygen atoms in total. The first-order chi connectivity index (χ1) is 8.23. The topological polar surface area (TPSA) is 18.5 Å². The number of hydrogen-bond donors (Lipinski definition) is 0. The second kappa shape index (κ2) is 4.64. The second-order valence-corrected chi connectivity index (χ2v) is 7.17. The Labute approximate surface area is 112 Å². The molecule has 1 saturated heterocycles. The van der Waals surface area contributed by atoms with Crippen LogP contribution in [0.4, 0.5) is 0 Å². The molecule has 2 aliphatic rings. The van der Waals surface area contributed by atoms with Crippen LogP contribution in [0.15, 0.2) is 11.6 Å². The summed E-state index contributed by atoms with van der Waals surface area (Å²) >= 11 is 0. The van der Waals surface area contributed by atoms with Crippen LogP contribution in [0, 0.1) is 11.3 Å². The molecule has 0 aromatic rings. The maximum Gasteiger partial charge on any atom is 0.164 e. The van der Waals surface area contributed by atoms with Crippen LogP contribution in [0.3, 0.4) is 0 Å². The summed E-state index contributed by atoms with van der Waals surface area (Å²) in [6.07, 6.45) is 5.90. The molecule has 0 bridgehead atoms. The first kappa shape index (κ1) is 14.1. The summed E-state index contributed by atoms with van der Waals surface area (Å²) in [5, 5.41) is 0. The summed E-state index contributed by atoms with van der Waals surface area (Å²) in [5.41, 5.74) is 1.54. The molecule has 2 heteroatoms. The minimum Gasteiger partial charge on any atom is -0.349 e. The minimum absolute atomic E-state index is 0.0682. The Hall–Kier alpha value is -0.340. The third kappa shape index (κ3) is 2.65. The first-order valence-corrected chi connectivity index (χ1v) is 7.23. The van der Waals surface area contributed by atoms with Crippen molar-refractivity contribution in [3.05, 3.63) is 11.6 Å². The van der Waals surface area contributed by atoms with Crippen molar-refractivity contribution in [3.8, 4) is 0 Å². The third-order valence-electron chi connectivity index (χ3n) is 4.73. The summed E-state index contributed by atoms with van der Waals surface area (Å²) in [7, 11) is 0. The molecule has 0 unspecified atom stereocenters. The fraction of sp³-hybridized carbons (Fsp3) is 0.875. The highest BCUT2D eigenvalue weighted by Gasteiger charge is 2.47. The zero-order valence-electron chi connectivity index (χ0n) is 12.7. The first-order valence-electron chi connectivity index (χ1n) is 7.23. The SMILES string of the molecule is CC1=C[C@@H](C)[C@@](C)([C@@H]2O[C@@H](C)CC(C)(C)O2)CC1. The predicted octanol–water partition coefficient (Wildman–Crippen LogP) is 4.30. The molecular formula is C16H28O2. The summed E-state index contributed by atoms with van der Waals surface area (Å²) < 4.78 is 12.4. The molecule has 4 atom stereocenters. The van der Waals surface area contributed by atoms with Crippen molar-refractivity contribution in [3.63, 3.8) is 0 Å². The van der Waals surface area contributed by atoms with Gasteiger partial charge in [-0.2, -0.15) is 0 Å². The number of hydrogen-bond acceptors (Lipinski definition) is 2. The maximum absolute atomic E-state index is 6.24. The van der Waals surface area contributed by atoms with Gasteiger partial charge in [0, 0.05) is 11.8 Å². The Morgan fingerprint density at radius 2 is 1.89 bits per heavy atom. The molecule has 104 valence electrons. The molecule has 0 spiro atoms. The van der Waals surface area contributed by atoms with Crippen LogP contribution in [0.5, 0.6) is 0 Å². The van der Waals surface area contributed by atoms with E-state index in [1.165, 1.54) is 12.0 Å². The van der Waals surface area contributed by atoms with Gasteiger partial charge in [-0.15, -0.1) is 0 Å². The van der Waals surface area contributed by atoms with Crippen molar-refractivity contribution in [2.75, 3.05) is 0 Å². The molecular weight excluding hydrogens is 224 g/mol. The number of ether oxygens (including phenoxy) is 2. The van der Waals surface area contributed by atoms with Gasteiger partial charge in [0.05, 0.1) is 11.7 Å². The van der Waals surface area contributed by atoms with E-state index >= 15 is 0 Å². The zero-order valence-corrected chi connectivity index (χ0v) is 12.7. The molecule has 0 radical (unpaired) electrons. The van der Waals surface area contributed by atoms with Gasteiger partial charge < -0.3 is 9.47 Å². The number of rotatable bonds is 1. The molecule has 1 fully saturated rings. The van der Waals surface area contributed by atoms with Crippen LogP contribution in [0.25, 0.3) is 0 Å². The van der Waals surface area contributed by atoms with E-state index in [0.29, 0.717) is 5.92 Å². The fourth-order valence-corrected chi connectivity index (χ4v) is 3.33. The van der Waals surface area contributed by atoms with E-state index in [1.807, 2.05) is 0 Å². The smallest absolute Gasteiger partial charge is 0.164 e. The van der Waals surface area contributed by atoms with E-state index in [4.69, 9.17) is 9.47 Å². The number of allylic oxidation sites excluding steroid dienone is 2.